The lowest BCUT2D eigenvalue weighted by Crippen LogP contribution is -2.29. The quantitative estimate of drug-likeness (QED) is 0.580. The van der Waals surface area contributed by atoms with Crippen molar-refractivity contribution in [3.8, 4) is 0 Å². The van der Waals surface area contributed by atoms with Gasteiger partial charge < -0.3 is 4.90 Å². The summed E-state index contributed by atoms with van der Waals surface area (Å²) < 4.78 is 0. The minimum absolute atomic E-state index is 0.885. The van der Waals surface area contributed by atoms with E-state index < -0.39 is 0 Å². The van der Waals surface area contributed by atoms with E-state index in [0.717, 1.165) is 30.2 Å². The average molecular weight is 171 g/mol. The molecule has 0 spiro atoms. The SMILES string of the molecule is C1=Nc2ccccc2C2=NCCN12. The molecule has 1 aromatic carbocycles. The lowest BCUT2D eigenvalue weighted by molar-refractivity contribution is 0.680. The molecule has 0 N–H and O–H groups in total. The van der Waals surface area contributed by atoms with Gasteiger partial charge >= 0.3 is 0 Å². The maximum atomic E-state index is 4.45. The molecule has 0 radical (unpaired) electrons. The smallest absolute Gasteiger partial charge is 0.138 e. The standard InChI is InChI=1S/C10H9N3/c1-2-4-9-8(3-1)10-11-5-6-13(10)7-12-9/h1-4,7H,5-6H2. The summed E-state index contributed by atoms with van der Waals surface area (Å²) in [6.45, 7) is 1.85. The molecule has 0 aromatic heterocycles. The molecule has 0 saturated carbocycles. The maximum absolute atomic E-state index is 4.45. The predicted octanol–water partition coefficient (Wildman–Crippen LogP) is 1.42. The molecule has 2 aliphatic rings. The molecule has 0 atom stereocenters. The van der Waals surface area contributed by atoms with Gasteiger partial charge in [-0.2, -0.15) is 0 Å². The zero-order chi connectivity index (χ0) is 8.67. The molecule has 3 nitrogen and oxygen atoms in total. The van der Waals surface area contributed by atoms with Crippen molar-refractivity contribution in [3.05, 3.63) is 29.8 Å². The van der Waals surface area contributed by atoms with E-state index >= 15 is 0 Å². The van der Waals surface area contributed by atoms with Crippen LogP contribution in [0.3, 0.4) is 0 Å². The van der Waals surface area contributed by atoms with E-state index in [1.54, 1.807) is 0 Å². The Balaban J connectivity index is 2.23. The van der Waals surface area contributed by atoms with Gasteiger partial charge in [0.2, 0.25) is 0 Å². The van der Waals surface area contributed by atoms with Crippen molar-refractivity contribution >= 4 is 17.9 Å². The molecule has 0 bridgehead atoms. The van der Waals surface area contributed by atoms with Gasteiger partial charge in [-0.1, -0.05) is 12.1 Å². The van der Waals surface area contributed by atoms with Crippen LogP contribution in [0.1, 0.15) is 5.56 Å². The van der Waals surface area contributed by atoms with Gasteiger partial charge in [0.15, 0.2) is 0 Å². The van der Waals surface area contributed by atoms with E-state index in [0.29, 0.717) is 0 Å². The molecular weight excluding hydrogens is 162 g/mol. The van der Waals surface area contributed by atoms with Crippen molar-refractivity contribution in [2.45, 2.75) is 0 Å². The molecule has 0 fully saturated rings. The monoisotopic (exact) mass is 171 g/mol. The summed E-state index contributed by atoms with van der Waals surface area (Å²) >= 11 is 0. The van der Waals surface area contributed by atoms with Crippen LogP contribution in [0.25, 0.3) is 0 Å². The summed E-state index contributed by atoms with van der Waals surface area (Å²) in [5.74, 6) is 1.07. The third-order valence-corrected chi connectivity index (χ3v) is 2.36. The fourth-order valence-corrected chi connectivity index (χ4v) is 1.72. The van der Waals surface area contributed by atoms with Gasteiger partial charge in [0.05, 0.1) is 18.6 Å². The average Bonchev–Trinajstić information content (AvgIpc) is 2.65. The number of para-hydroxylation sites is 1. The van der Waals surface area contributed by atoms with E-state index in [1.807, 2.05) is 24.5 Å². The summed E-state index contributed by atoms with van der Waals surface area (Å²) in [4.78, 5) is 10.9. The molecule has 2 heterocycles. The number of rotatable bonds is 0. The minimum Gasteiger partial charge on any atom is -0.315 e. The first-order valence-corrected chi connectivity index (χ1v) is 4.40. The molecule has 2 aliphatic heterocycles. The van der Waals surface area contributed by atoms with Crippen LogP contribution in [0, 0.1) is 0 Å². The lowest BCUT2D eigenvalue weighted by atomic mass is 10.1. The van der Waals surface area contributed by atoms with Crippen LogP contribution in [0.15, 0.2) is 34.3 Å². The van der Waals surface area contributed by atoms with Crippen LogP contribution in [-0.4, -0.2) is 30.2 Å². The molecule has 64 valence electrons. The Bertz CT molecular complexity index is 406. The van der Waals surface area contributed by atoms with Crippen molar-refractivity contribution in [2.24, 2.45) is 9.98 Å². The maximum Gasteiger partial charge on any atom is 0.138 e. The second-order valence-corrected chi connectivity index (χ2v) is 3.16. The molecule has 0 aliphatic carbocycles. The summed E-state index contributed by atoms with van der Waals surface area (Å²) in [7, 11) is 0. The Morgan fingerprint density at radius 3 is 3.15 bits per heavy atom. The van der Waals surface area contributed by atoms with Gasteiger partial charge in [0.25, 0.3) is 0 Å². The van der Waals surface area contributed by atoms with Crippen molar-refractivity contribution in [2.75, 3.05) is 13.1 Å². The topological polar surface area (TPSA) is 28.0 Å². The number of fused-ring (bicyclic) bond motifs is 3. The van der Waals surface area contributed by atoms with Gasteiger partial charge in [-0.15, -0.1) is 0 Å². The van der Waals surface area contributed by atoms with Crippen molar-refractivity contribution in [3.63, 3.8) is 0 Å². The van der Waals surface area contributed by atoms with Crippen LogP contribution in [0.5, 0.6) is 0 Å². The van der Waals surface area contributed by atoms with Crippen LogP contribution in [-0.2, 0) is 0 Å². The van der Waals surface area contributed by atoms with Gasteiger partial charge in [-0.3, -0.25) is 4.99 Å². The van der Waals surface area contributed by atoms with Crippen molar-refractivity contribution in [1.29, 1.82) is 0 Å². The zero-order valence-electron chi connectivity index (χ0n) is 7.14. The molecule has 13 heavy (non-hydrogen) atoms. The van der Waals surface area contributed by atoms with Gasteiger partial charge in [-0.05, 0) is 12.1 Å². The lowest BCUT2D eigenvalue weighted by Gasteiger charge is -2.20. The first-order valence-electron chi connectivity index (χ1n) is 4.40. The number of benzene rings is 1. The highest BCUT2D eigenvalue weighted by atomic mass is 15.3. The highest BCUT2D eigenvalue weighted by Gasteiger charge is 2.22. The van der Waals surface area contributed by atoms with Crippen LogP contribution < -0.4 is 0 Å². The Hall–Kier alpha value is -1.64. The van der Waals surface area contributed by atoms with Crippen LogP contribution in [0.2, 0.25) is 0 Å². The Labute approximate surface area is 76.4 Å². The summed E-state index contributed by atoms with van der Waals surface area (Å²) in [5.41, 5.74) is 2.18. The van der Waals surface area contributed by atoms with Crippen LogP contribution >= 0.6 is 0 Å². The van der Waals surface area contributed by atoms with Gasteiger partial charge in [0, 0.05) is 12.1 Å². The van der Waals surface area contributed by atoms with E-state index in [-0.39, 0.29) is 0 Å². The molecular formula is C10H9N3. The summed E-state index contributed by atoms with van der Waals surface area (Å²) in [6.07, 6.45) is 1.87. The van der Waals surface area contributed by atoms with E-state index in [1.165, 1.54) is 0 Å². The molecule has 0 unspecified atom stereocenters. The van der Waals surface area contributed by atoms with E-state index in [2.05, 4.69) is 21.0 Å². The second kappa shape index (κ2) is 2.42. The fourth-order valence-electron chi connectivity index (χ4n) is 1.72. The first kappa shape index (κ1) is 6.83. The Morgan fingerprint density at radius 2 is 2.15 bits per heavy atom. The Kier molecular flexibility index (Phi) is 1.27. The van der Waals surface area contributed by atoms with Crippen LogP contribution in [0.4, 0.5) is 5.69 Å². The van der Waals surface area contributed by atoms with Crippen molar-refractivity contribution < 1.29 is 0 Å². The zero-order valence-corrected chi connectivity index (χ0v) is 7.14. The number of amidine groups is 1. The first-order chi connectivity index (χ1) is 6.45. The highest BCUT2D eigenvalue weighted by molar-refractivity contribution is 6.11. The predicted molar refractivity (Wildman–Crippen MR) is 52.7 cm³/mol. The summed E-state index contributed by atoms with van der Waals surface area (Å²) in [5, 5.41) is 0. The molecule has 1 aromatic rings. The number of aliphatic imine (C=N–C) groups is 2. The third kappa shape index (κ3) is 0.900. The van der Waals surface area contributed by atoms with Gasteiger partial charge in [-0.25, -0.2) is 4.99 Å². The third-order valence-electron chi connectivity index (χ3n) is 2.36. The minimum atomic E-state index is 0.885. The fraction of sp³-hybridized carbons (Fsp3) is 0.200. The highest BCUT2D eigenvalue weighted by Crippen LogP contribution is 2.25. The number of hydrogen-bond donors (Lipinski definition) is 0. The number of hydrogen-bond acceptors (Lipinski definition) is 3. The van der Waals surface area contributed by atoms with Gasteiger partial charge in [0.1, 0.15) is 5.84 Å². The summed E-state index contributed by atoms with van der Waals surface area (Å²) in [6, 6.07) is 8.12. The molecule has 0 saturated heterocycles. The van der Waals surface area contributed by atoms with Crippen molar-refractivity contribution in [1.82, 2.24) is 4.90 Å². The molecule has 0 amide bonds. The number of nitrogens with zero attached hydrogens (tertiary/aromatic N) is 3. The molecule has 3 rings (SSSR count). The second-order valence-electron chi connectivity index (χ2n) is 3.16. The normalized spacial score (nSPS) is 18.2. The van der Waals surface area contributed by atoms with E-state index in [9.17, 15) is 0 Å². The largest absolute Gasteiger partial charge is 0.315 e. The Morgan fingerprint density at radius 1 is 1.23 bits per heavy atom. The molecule has 3 heteroatoms. The van der Waals surface area contributed by atoms with E-state index in [4.69, 9.17) is 0 Å².